The number of nitrogens with two attached hydrogens (primary N) is 1. The number of nitrogens with zero attached hydrogens (tertiary/aromatic N) is 3. The van der Waals surface area contributed by atoms with Gasteiger partial charge in [-0.05, 0) is 40.0 Å². The summed E-state index contributed by atoms with van der Waals surface area (Å²) < 4.78 is 0.822. The summed E-state index contributed by atoms with van der Waals surface area (Å²) in [5.74, 6) is 1.27. The van der Waals surface area contributed by atoms with E-state index < -0.39 is 0 Å². The summed E-state index contributed by atoms with van der Waals surface area (Å²) in [6.45, 7) is 2.12. The minimum atomic E-state index is 0.512. The molecule has 0 fully saturated rings. The first kappa shape index (κ1) is 13.0. The zero-order valence-electron chi connectivity index (χ0n) is 10.2. The highest BCUT2D eigenvalue weighted by Gasteiger charge is 2.09. The maximum Gasteiger partial charge on any atom is 0.141 e. The molecule has 0 spiro atoms. The Balaban J connectivity index is 2.28. The van der Waals surface area contributed by atoms with Crippen LogP contribution in [0.3, 0.4) is 0 Å². The smallest absolute Gasteiger partial charge is 0.141 e. The number of rotatable bonds is 4. The first-order valence-electron chi connectivity index (χ1n) is 5.90. The molecular weight excluding hydrogens is 292 g/mol. The molecule has 94 valence electrons. The van der Waals surface area contributed by atoms with E-state index in [-0.39, 0.29) is 0 Å². The van der Waals surface area contributed by atoms with Crippen LogP contribution in [0.4, 0.5) is 5.82 Å². The van der Waals surface area contributed by atoms with Gasteiger partial charge in [-0.3, -0.25) is 4.98 Å². The van der Waals surface area contributed by atoms with Crippen LogP contribution in [-0.2, 0) is 12.8 Å². The van der Waals surface area contributed by atoms with E-state index in [1.54, 1.807) is 12.4 Å². The standard InChI is InChI=1S/C13H15BrN4/c1-2-3-10-12(14)13(15)18-11(17-10)8-9-4-6-16-7-5-9/h4-7H,2-3,8H2,1H3,(H2,15,17,18). The van der Waals surface area contributed by atoms with E-state index in [1.165, 1.54) is 0 Å². The van der Waals surface area contributed by atoms with Crippen molar-refractivity contribution in [3.63, 3.8) is 0 Å². The molecule has 0 aliphatic rings. The van der Waals surface area contributed by atoms with Crippen molar-refractivity contribution >= 4 is 21.7 Å². The Morgan fingerprint density at radius 2 is 1.94 bits per heavy atom. The van der Waals surface area contributed by atoms with E-state index in [9.17, 15) is 0 Å². The normalized spacial score (nSPS) is 10.6. The van der Waals surface area contributed by atoms with Crippen LogP contribution in [0.5, 0.6) is 0 Å². The fraction of sp³-hybridized carbons (Fsp3) is 0.308. The fourth-order valence-corrected chi connectivity index (χ4v) is 2.11. The maximum atomic E-state index is 5.90. The monoisotopic (exact) mass is 306 g/mol. The maximum absolute atomic E-state index is 5.90. The van der Waals surface area contributed by atoms with Gasteiger partial charge in [0.1, 0.15) is 11.6 Å². The van der Waals surface area contributed by atoms with E-state index >= 15 is 0 Å². The van der Waals surface area contributed by atoms with E-state index in [4.69, 9.17) is 5.73 Å². The van der Waals surface area contributed by atoms with Crippen molar-refractivity contribution in [1.82, 2.24) is 15.0 Å². The molecule has 0 amide bonds. The minimum absolute atomic E-state index is 0.512. The highest BCUT2D eigenvalue weighted by atomic mass is 79.9. The molecule has 0 saturated carbocycles. The Kier molecular flexibility index (Phi) is 4.25. The van der Waals surface area contributed by atoms with Gasteiger partial charge in [-0.25, -0.2) is 9.97 Å². The lowest BCUT2D eigenvalue weighted by Gasteiger charge is -2.08. The average Bonchev–Trinajstić information content (AvgIpc) is 2.37. The lowest BCUT2D eigenvalue weighted by Crippen LogP contribution is -2.06. The molecule has 0 atom stereocenters. The Morgan fingerprint density at radius 3 is 2.61 bits per heavy atom. The van der Waals surface area contributed by atoms with Gasteiger partial charge in [0, 0.05) is 18.8 Å². The largest absolute Gasteiger partial charge is 0.383 e. The van der Waals surface area contributed by atoms with Crippen LogP contribution in [0.2, 0.25) is 0 Å². The Bertz CT molecular complexity index is 528. The summed E-state index contributed by atoms with van der Waals surface area (Å²) in [5, 5.41) is 0. The van der Waals surface area contributed by atoms with Crippen LogP contribution in [-0.4, -0.2) is 15.0 Å². The molecule has 18 heavy (non-hydrogen) atoms. The number of pyridine rings is 1. The van der Waals surface area contributed by atoms with Gasteiger partial charge in [-0.1, -0.05) is 13.3 Å². The van der Waals surface area contributed by atoms with Gasteiger partial charge in [0.25, 0.3) is 0 Å². The van der Waals surface area contributed by atoms with Gasteiger partial charge in [0.2, 0.25) is 0 Å². The van der Waals surface area contributed by atoms with E-state index in [2.05, 4.69) is 37.8 Å². The quantitative estimate of drug-likeness (QED) is 0.943. The Labute approximate surface area is 115 Å². The second-order valence-corrected chi connectivity index (χ2v) is 4.86. The van der Waals surface area contributed by atoms with Gasteiger partial charge >= 0.3 is 0 Å². The minimum Gasteiger partial charge on any atom is -0.383 e. The summed E-state index contributed by atoms with van der Waals surface area (Å²) in [6.07, 6.45) is 6.14. The van der Waals surface area contributed by atoms with Crippen LogP contribution in [0.15, 0.2) is 29.0 Å². The summed E-state index contributed by atoms with van der Waals surface area (Å²) in [7, 11) is 0. The van der Waals surface area contributed by atoms with Crippen molar-refractivity contribution < 1.29 is 0 Å². The Hall–Kier alpha value is -1.49. The third-order valence-electron chi connectivity index (χ3n) is 2.59. The van der Waals surface area contributed by atoms with Gasteiger partial charge in [0.15, 0.2) is 0 Å². The molecular formula is C13H15BrN4. The van der Waals surface area contributed by atoms with Gasteiger partial charge < -0.3 is 5.73 Å². The number of anilines is 1. The third kappa shape index (κ3) is 3.04. The number of nitrogen functional groups attached to an aromatic ring is 1. The number of halogens is 1. The second kappa shape index (κ2) is 5.91. The molecule has 5 heteroatoms. The first-order valence-corrected chi connectivity index (χ1v) is 6.69. The molecule has 2 N–H and O–H groups in total. The molecule has 2 aromatic heterocycles. The molecule has 2 rings (SSSR count). The van der Waals surface area contributed by atoms with Crippen LogP contribution in [0.25, 0.3) is 0 Å². The molecule has 2 aromatic rings. The van der Waals surface area contributed by atoms with Crippen molar-refractivity contribution in [2.45, 2.75) is 26.2 Å². The van der Waals surface area contributed by atoms with Crippen LogP contribution in [0, 0.1) is 0 Å². The Morgan fingerprint density at radius 1 is 1.22 bits per heavy atom. The van der Waals surface area contributed by atoms with Gasteiger partial charge in [-0.2, -0.15) is 0 Å². The third-order valence-corrected chi connectivity index (χ3v) is 3.45. The number of aromatic nitrogens is 3. The van der Waals surface area contributed by atoms with Crippen molar-refractivity contribution in [2.24, 2.45) is 0 Å². The topological polar surface area (TPSA) is 64.7 Å². The van der Waals surface area contributed by atoms with Crippen LogP contribution < -0.4 is 5.73 Å². The lowest BCUT2D eigenvalue weighted by atomic mass is 10.2. The number of aryl methyl sites for hydroxylation is 1. The van der Waals surface area contributed by atoms with Crippen molar-refractivity contribution in [3.8, 4) is 0 Å². The van der Waals surface area contributed by atoms with Crippen LogP contribution in [0.1, 0.15) is 30.4 Å². The predicted molar refractivity (Wildman–Crippen MR) is 75.2 cm³/mol. The number of hydrogen-bond donors (Lipinski definition) is 1. The molecule has 2 heterocycles. The second-order valence-electron chi connectivity index (χ2n) is 4.07. The van der Waals surface area contributed by atoms with E-state index in [0.717, 1.165) is 34.4 Å². The lowest BCUT2D eigenvalue weighted by molar-refractivity contribution is 0.837. The molecule has 0 saturated heterocycles. The first-order chi connectivity index (χ1) is 8.70. The van der Waals surface area contributed by atoms with Crippen molar-refractivity contribution in [3.05, 3.63) is 46.1 Å². The predicted octanol–water partition coefficient (Wildman–Crippen LogP) is 2.76. The van der Waals surface area contributed by atoms with E-state index in [1.807, 2.05) is 12.1 Å². The van der Waals surface area contributed by atoms with E-state index in [0.29, 0.717) is 12.2 Å². The zero-order chi connectivity index (χ0) is 13.0. The fourth-order valence-electron chi connectivity index (χ4n) is 1.73. The molecule has 4 nitrogen and oxygen atoms in total. The molecule has 0 aromatic carbocycles. The van der Waals surface area contributed by atoms with Crippen LogP contribution >= 0.6 is 15.9 Å². The van der Waals surface area contributed by atoms with Crippen molar-refractivity contribution in [1.29, 1.82) is 0 Å². The molecule has 0 aliphatic heterocycles. The summed E-state index contributed by atoms with van der Waals surface area (Å²) >= 11 is 3.44. The molecule has 0 aliphatic carbocycles. The highest BCUT2D eigenvalue weighted by molar-refractivity contribution is 9.10. The summed E-state index contributed by atoms with van der Waals surface area (Å²) in [5.41, 5.74) is 8.01. The molecule has 0 unspecified atom stereocenters. The molecule has 0 radical (unpaired) electrons. The zero-order valence-corrected chi connectivity index (χ0v) is 11.8. The summed E-state index contributed by atoms with van der Waals surface area (Å²) in [4.78, 5) is 12.9. The highest BCUT2D eigenvalue weighted by Crippen LogP contribution is 2.22. The van der Waals surface area contributed by atoms with Gasteiger partial charge in [-0.15, -0.1) is 0 Å². The van der Waals surface area contributed by atoms with Crippen molar-refractivity contribution in [2.75, 3.05) is 5.73 Å². The molecule has 0 bridgehead atoms. The van der Waals surface area contributed by atoms with Gasteiger partial charge in [0.05, 0.1) is 10.2 Å². The average molecular weight is 307 g/mol. The summed E-state index contributed by atoms with van der Waals surface area (Å²) in [6, 6.07) is 3.92. The SMILES string of the molecule is CCCc1nc(Cc2ccncc2)nc(N)c1Br. The number of hydrogen-bond acceptors (Lipinski definition) is 4.